The zero-order valence-electron chi connectivity index (χ0n) is 8.40. The highest BCUT2D eigenvalue weighted by atomic mass is 32.2. The summed E-state index contributed by atoms with van der Waals surface area (Å²) in [7, 11) is 0. The molecule has 14 heavy (non-hydrogen) atoms. The van der Waals surface area contributed by atoms with E-state index in [1.807, 2.05) is 13.0 Å². The van der Waals surface area contributed by atoms with Gasteiger partial charge in [0.2, 0.25) is 0 Å². The van der Waals surface area contributed by atoms with Gasteiger partial charge >= 0.3 is 0 Å². The molecule has 0 N–H and O–H groups in total. The first-order chi connectivity index (χ1) is 6.76. The summed E-state index contributed by atoms with van der Waals surface area (Å²) in [4.78, 5) is 8.44. The Morgan fingerprint density at radius 1 is 1.64 bits per heavy atom. The first-order valence-corrected chi connectivity index (χ1v) is 5.47. The SMILES string of the molecule is CCC(CC#N)Sc1nccc(C)n1. The van der Waals surface area contributed by atoms with Crippen LogP contribution in [0.5, 0.6) is 0 Å². The minimum atomic E-state index is 0.307. The Morgan fingerprint density at radius 3 is 3.00 bits per heavy atom. The van der Waals surface area contributed by atoms with E-state index in [0.717, 1.165) is 17.3 Å². The summed E-state index contributed by atoms with van der Waals surface area (Å²) >= 11 is 1.58. The Hall–Kier alpha value is -1.08. The van der Waals surface area contributed by atoms with Crippen molar-refractivity contribution in [3.05, 3.63) is 18.0 Å². The number of hydrogen-bond donors (Lipinski definition) is 0. The third kappa shape index (κ3) is 3.35. The normalized spacial score (nSPS) is 12.1. The number of nitriles is 1. The zero-order valence-corrected chi connectivity index (χ0v) is 9.21. The maximum absolute atomic E-state index is 8.60. The number of aromatic nitrogens is 2. The molecule has 3 nitrogen and oxygen atoms in total. The first-order valence-electron chi connectivity index (χ1n) is 4.59. The highest BCUT2D eigenvalue weighted by molar-refractivity contribution is 7.99. The van der Waals surface area contributed by atoms with Crippen LogP contribution in [-0.2, 0) is 0 Å². The second kappa shape index (κ2) is 5.61. The van der Waals surface area contributed by atoms with Crippen LogP contribution in [0.15, 0.2) is 17.4 Å². The van der Waals surface area contributed by atoms with Gasteiger partial charge in [-0.1, -0.05) is 18.7 Å². The Morgan fingerprint density at radius 2 is 2.43 bits per heavy atom. The minimum Gasteiger partial charge on any atom is -0.231 e. The van der Waals surface area contributed by atoms with Gasteiger partial charge in [-0.25, -0.2) is 9.97 Å². The summed E-state index contributed by atoms with van der Waals surface area (Å²) in [6.45, 7) is 4.02. The van der Waals surface area contributed by atoms with Crippen molar-refractivity contribution >= 4 is 11.8 Å². The molecule has 0 saturated heterocycles. The molecule has 0 fully saturated rings. The van der Waals surface area contributed by atoms with Crippen LogP contribution in [-0.4, -0.2) is 15.2 Å². The molecule has 1 aromatic heterocycles. The van der Waals surface area contributed by atoms with Gasteiger partial charge in [0.15, 0.2) is 5.16 Å². The molecule has 1 heterocycles. The van der Waals surface area contributed by atoms with E-state index in [1.54, 1.807) is 18.0 Å². The van der Waals surface area contributed by atoms with Gasteiger partial charge in [-0.3, -0.25) is 0 Å². The van der Waals surface area contributed by atoms with Crippen LogP contribution in [0.4, 0.5) is 0 Å². The van der Waals surface area contributed by atoms with E-state index in [9.17, 15) is 0 Å². The zero-order chi connectivity index (χ0) is 10.4. The van der Waals surface area contributed by atoms with Crippen molar-refractivity contribution in [3.8, 4) is 6.07 Å². The standard InChI is InChI=1S/C10H13N3S/c1-3-9(4-6-11)14-10-12-7-5-8(2)13-10/h5,7,9H,3-4H2,1-2H3. The largest absolute Gasteiger partial charge is 0.231 e. The molecule has 1 atom stereocenters. The second-order valence-corrected chi connectivity index (χ2v) is 4.26. The van der Waals surface area contributed by atoms with Crippen molar-refractivity contribution in [2.24, 2.45) is 0 Å². The predicted octanol–water partition coefficient (Wildman–Crippen LogP) is 2.57. The van der Waals surface area contributed by atoms with Gasteiger partial charge in [-0.15, -0.1) is 0 Å². The van der Waals surface area contributed by atoms with Crippen LogP contribution in [0.2, 0.25) is 0 Å². The molecule has 0 saturated carbocycles. The average molecular weight is 207 g/mol. The predicted molar refractivity (Wildman–Crippen MR) is 56.9 cm³/mol. The van der Waals surface area contributed by atoms with Crippen molar-refractivity contribution < 1.29 is 0 Å². The highest BCUT2D eigenvalue weighted by Gasteiger charge is 2.09. The maximum Gasteiger partial charge on any atom is 0.188 e. The smallest absolute Gasteiger partial charge is 0.188 e. The molecule has 1 rings (SSSR count). The molecule has 0 aliphatic heterocycles. The molecular formula is C10H13N3S. The van der Waals surface area contributed by atoms with Gasteiger partial charge < -0.3 is 0 Å². The van der Waals surface area contributed by atoms with Gasteiger partial charge in [0, 0.05) is 23.6 Å². The minimum absolute atomic E-state index is 0.307. The molecule has 0 radical (unpaired) electrons. The van der Waals surface area contributed by atoms with E-state index >= 15 is 0 Å². The Balaban J connectivity index is 2.63. The van der Waals surface area contributed by atoms with Gasteiger partial charge in [-0.2, -0.15) is 5.26 Å². The van der Waals surface area contributed by atoms with Crippen LogP contribution in [0.3, 0.4) is 0 Å². The molecule has 4 heteroatoms. The molecule has 0 aromatic carbocycles. The fourth-order valence-corrected chi connectivity index (χ4v) is 1.94. The number of rotatable bonds is 4. The molecule has 0 spiro atoms. The molecule has 0 aliphatic rings. The fraction of sp³-hybridized carbons (Fsp3) is 0.500. The van der Waals surface area contributed by atoms with Crippen molar-refractivity contribution in [3.63, 3.8) is 0 Å². The van der Waals surface area contributed by atoms with Gasteiger partial charge in [0.25, 0.3) is 0 Å². The first kappa shape index (κ1) is 11.0. The molecule has 1 aromatic rings. The Kier molecular flexibility index (Phi) is 4.41. The van der Waals surface area contributed by atoms with Crippen LogP contribution in [0.1, 0.15) is 25.5 Å². The lowest BCUT2D eigenvalue weighted by atomic mass is 10.3. The average Bonchev–Trinajstić information content (AvgIpc) is 2.17. The molecule has 0 aliphatic carbocycles. The van der Waals surface area contributed by atoms with Crippen molar-refractivity contribution in [1.82, 2.24) is 9.97 Å². The number of aryl methyl sites for hydroxylation is 1. The number of hydrogen-bond acceptors (Lipinski definition) is 4. The lowest BCUT2D eigenvalue weighted by Crippen LogP contribution is -2.01. The van der Waals surface area contributed by atoms with E-state index in [2.05, 4.69) is 23.0 Å². The number of thioether (sulfide) groups is 1. The van der Waals surface area contributed by atoms with Crippen LogP contribution in [0.25, 0.3) is 0 Å². The molecule has 0 bridgehead atoms. The molecule has 74 valence electrons. The van der Waals surface area contributed by atoms with Crippen LogP contribution in [0, 0.1) is 18.3 Å². The van der Waals surface area contributed by atoms with E-state index in [-0.39, 0.29) is 0 Å². The second-order valence-electron chi connectivity index (χ2n) is 2.99. The molecule has 0 amide bonds. The quantitative estimate of drug-likeness (QED) is 0.562. The Bertz CT molecular complexity index is 332. The van der Waals surface area contributed by atoms with Crippen molar-refractivity contribution in [1.29, 1.82) is 5.26 Å². The summed E-state index contributed by atoms with van der Waals surface area (Å²) in [5, 5.41) is 9.67. The van der Waals surface area contributed by atoms with Crippen LogP contribution < -0.4 is 0 Å². The van der Waals surface area contributed by atoms with Crippen molar-refractivity contribution in [2.45, 2.75) is 37.1 Å². The summed E-state index contributed by atoms with van der Waals surface area (Å²) in [5.41, 5.74) is 0.967. The summed E-state index contributed by atoms with van der Waals surface area (Å²) in [6, 6.07) is 4.05. The van der Waals surface area contributed by atoms with E-state index in [4.69, 9.17) is 5.26 Å². The highest BCUT2D eigenvalue weighted by Crippen LogP contribution is 2.23. The van der Waals surface area contributed by atoms with E-state index < -0.39 is 0 Å². The summed E-state index contributed by atoms with van der Waals surface area (Å²) in [6.07, 6.45) is 3.28. The van der Waals surface area contributed by atoms with E-state index in [0.29, 0.717) is 11.7 Å². The molecular weight excluding hydrogens is 194 g/mol. The van der Waals surface area contributed by atoms with E-state index in [1.165, 1.54) is 0 Å². The van der Waals surface area contributed by atoms with Gasteiger partial charge in [0.1, 0.15) is 0 Å². The van der Waals surface area contributed by atoms with Gasteiger partial charge in [-0.05, 0) is 19.4 Å². The third-order valence-electron chi connectivity index (χ3n) is 1.82. The fourth-order valence-electron chi connectivity index (χ4n) is 1.00. The van der Waals surface area contributed by atoms with Crippen LogP contribution >= 0.6 is 11.8 Å². The summed E-state index contributed by atoms with van der Waals surface area (Å²) < 4.78 is 0. The lowest BCUT2D eigenvalue weighted by Gasteiger charge is -2.08. The van der Waals surface area contributed by atoms with Gasteiger partial charge in [0.05, 0.1) is 6.07 Å². The topological polar surface area (TPSA) is 49.6 Å². The monoisotopic (exact) mass is 207 g/mol. The number of nitrogens with zero attached hydrogens (tertiary/aromatic N) is 3. The Labute approximate surface area is 88.6 Å². The van der Waals surface area contributed by atoms with Crippen molar-refractivity contribution in [2.75, 3.05) is 0 Å². The summed E-state index contributed by atoms with van der Waals surface area (Å²) in [5.74, 6) is 0. The molecule has 1 unspecified atom stereocenters. The lowest BCUT2D eigenvalue weighted by molar-refractivity contribution is 0.828. The maximum atomic E-state index is 8.60. The third-order valence-corrected chi connectivity index (χ3v) is 3.06.